The van der Waals surface area contributed by atoms with Gasteiger partial charge in [-0.25, -0.2) is 0 Å². The molecule has 3 fully saturated rings. The number of fused-ring (bicyclic) bond motifs is 1. The van der Waals surface area contributed by atoms with Gasteiger partial charge < -0.3 is 20.4 Å². The van der Waals surface area contributed by atoms with Gasteiger partial charge in [-0.2, -0.15) is 0 Å². The largest absolute Gasteiger partial charge is 0.396 e. The first-order valence-corrected chi connectivity index (χ1v) is 12.8. The fourth-order valence-corrected chi connectivity index (χ4v) is 7.04. The Kier molecular flexibility index (Phi) is 8.13. The van der Waals surface area contributed by atoms with Crippen molar-refractivity contribution in [3.05, 3.63) is 35.5 Å². The molecule has 0 spiro atoms. The molecule has 3 aliphatic carbocycles. The summed E-state index contributed by atoms with van der Waals surface area (Å²) in [6, 6.07) is 0. The van der Waals surface area contributed by atoms with Gasteiger partial charge in [-0.1, -0.05) is 51.0 Å². The Balaban J connectivity index is 1.71. The molecule has 3 aliphatic rings. The van der Waals surface area contributed by atoms with Crippen molar-refractivity contribution in [2.24, 2.45) is 29.1 Å². The Morgan fingerprint density at radius 1 is 1.22 bits per heavy atom. The van der Waals surface area contributed by atoms with Crippen molar-refractivity contribution in [2.75, 3.05) is 6.61 Å². The van der Waals surface area contributed by atoms with Gasteiger partial charge in [-0.15, -0.1) is 0 Å². The van der Waals surface area contributed by atoms with Crippen LogP contribution in [0.1, 0.15) is 85.5 Å². The highest BCUT2D eigenvalue weighted by Gasteiger charge is 2.50. The molecule has 0 radical (unpaired) electrons. The van der Waals surface area contributed by atoms with Crippen molar-refractivity contribution in [1.82, 2.24) is 0 Å². The third-order valence-corrected chi connectivity index (χ3v) is 8.98. The summed E-state index contributed by atoms with van der Waals surface area (Å²) in [7, 11) is 0. The zero-order chi connectivity index (χ0) is 23.7. The Bertz CT molecular complexity index is 730. The lowest BCUT2D eigenvalue weighted by molar-refractivity contribution is -0.0105. The molecule has 4 N–H and O–H groups in total. The summed E-state index contributed by atoms with van der Waals surface area (Å²) in [5.74, 6) is 1.46. The highest BCUT2D eigenvalue weighted by atomic mass is 16.3. The van der Waals surface area contributed by atoms with Crippen LogP contribution >= 0.6 is 0 Å². The van der Waals surface area contributed by atoms with Crippen LogP contribution in [0.3, 0.4) is 0 Å². The summed E-state index contributed by atoms with van der Waals surface area (Å²) in [6.45, 7) is 12.5. The van der Waals surface area contributed by atoms with E-state index in [4.69, 9.17) is 0 Å². The summed E-state index contributed by atoms with van der Waals surface area (Å²) < 4.78 is 0. The van der Waals surface area contributed by atoms with Crippen LogP contribution in [0.4, 0.5) is 0 Å². The number of rotatable bonds is 7. The second-order valence-corrected chi connectivity index (χ2v) is 11.8. The van der Waals surface area contributed by atoms with Crippen LogP contribution in [-0.2, 0) is 0 Å². The average molecular weight is 447 g/mol. The minimum absolute atomic E-state index is 0.231. The minimum Gasteiger partial charge on any atom is -0.396 e. The molecule has 4 nitrogen and oxygen atoms in total. The quantitative estimate of drug-likeness (QED) is 0.447. The fourth-order valence-electron chi connectivity index (χ4n) is 7.04. The molecule has 0 heterocycles. The first-order valence-electron chi connectivity index (χ1n) is 12.8. The minimum atomic E-state index is -0.884. The number of aliphatic hydroxyl groups is 4. The van der Waals surface area contributed by atoms with Crippen LogP contribution in [-0.4, -0.2) is 44.8 Å². The van der Waals surface area contributed by atoms with Crippen molar-refractivity contribution in [1.29, 1.82) is 0 Å². The van der Waals surface area contributed by atoms with Crippen molar-refractivity contribution in [2.45, 2.75) is 103 Å². The van der Waals surface area contributed by atoms with E-state index < -0.39 is 23.7 Å². The first kappa shape index (κ1) is 25.7. The molecule has 7 atom stereocenters. The molecular weight excluding hydrogens is 400 g/mol. The second kappa shape index (κ2) is 10.1. The van der Waals surface area contributed by atoms with Crippen LogP contribution in [0.2, 0.25) is 0 Å². The Labute approximate surface area is 195 Å². The molecule has 0 amide bonds. The molecule has 2 unspecified atom stereocenters. The molecule has 0 saturated heterocycles. The molecule has 4 heteroatoms. The zero-order valence-electron chi connectivity index (χ0n) is 20.7. The molecule has 32 heavy (non-hydrogen) atoms. The average Bonchev–Trinajstić information content (AvgIpc) is 3.06. The maximum atomic E-state index is 10.4. The van der Waals surface area contributed by atoms with Crippen molar-refractivity contribution < 1.29 is 20.4 Å². The van der Waals surface area contributed by atoms with Crippen LogP contribution in [0.5, 0.6) is 0 Å². The molecule has 182 valence electrons. The van der Waals surface area contributed by atoms with E-state index in [9.17, 15) is 20.4 Å². The molecule has 3 saturated carbocycles. The number of aliphatic hydroxyl groups excluding tert-OH is 3. The number of allylic oxidation sites excluding steroid dienone is 3. The lowest BCUT2D eigenvalue weighted by Gasteiger charge is -2.44. The van der Waals surface area contributed by atoms with Gasteiger partial charge in [0.2, 0.25) is 0 Å². The van der Waals surface area contributed by atoms with E-state index in [0.29, 0.717) is 29.2 Å². The van der Waals surface area contributed by atoms with E-state index >= 15 is 0 Å². The molecular formula is C28H46O4. The van der Waals surface area contributed by atoms with Crippen molar-refractivity contribution in [3.8, 4) is 0 Å². The normalized spacial score (nSPS) is 39.5. The van der Waals surface area contributed by atoms with Crippen LogP contribution < -0.4 is 0 Å². The van der Waals surface area contributed by atoms with Crippen LogP contribution in [0.25, 0.3) is 0 Å². The third kappa shape index (κ3) is 5.41. The predicted molar refractivity (Wildman–Crippen MR) is 130 cm³/mol. The highest BCUT2D eigenvalue weighted by molar-refractivity contribution is 5.39. The van der Waals surface area contributed by atoms with Gasteiger partial charge in [0.05, 0.1) is 24.4 Å². The van der Waals surface area contributed by atoms with Gasteiger partial charge >= 0.3 is 0 Å². The van der Waals surface area contributed by atoms with E-state index in [-0.39, 0.29) is 6.61 Å². The Morgan fingerprint density at radius 3 is 2.59 bits per heavy atom. The summed E-state index contributed by atoms with van der Waals surface area (Å²) in [5, 5.41) is 40.3. The fraction of sp³-hybridized carbons (Fsp3) is 0.786. The van der Waals surface area contributed by atoms with Gasteiger partial charge in [0, 0.05) is 5.92 Å². The van der Waals surface area contributed by atoms with Gasteiger partial charge in [0.15, 0.2) is 0 Å². The summed E-state index contributed by atoms with van der Waals surface area (Å²) in [5.41, 5.74) is 2.82. The van der Waals surface area contributed by atoms with Gasteiger partial charge in [0.25, 0.3) is 0 Å². The van der Waals surface area contributed by atoms with E-state index in [0.717, 1.165) is 30.8 Å². The molecule has 0 aromatic rings. The first-order chi connectivity index (χ1) is 15.0. The summed E-state index contributed by atoms with van der Waals surface area (Å²) in [4.78, 5) is 0. The third-order valence-electron chi connectivity index (χ3n) is 8.98. The highest BCUT2D eigenvalue weighted by Crippen LogP contribution is 2.60. The molecule has 3 rings (SSSR count). The topological polar surface area (TPSA) is 80.9 Å². The van der Waals surface area contributed by atoms with E-state index in [1.165, 1.54) is 37.7 Å². The van der Waals surface area contributed by atoms with E-state index in [2.05, 4.69) is 32.6 Å². The molecule has 0 aliphatic heterocycles. The SMILES string of the molecule is C=C1/C(=C\C=C2/CCCC3(C)C2CC[C@@H]3[C@H](C)CCCC(C)(C)O)C[C@@H](O)[C@@H](CO)[C@@H]1O. The van der Waals surface area contributed by atoms with Crippen molar-refractivity contribution >= 4 is 0 Å². The smallest absolute Gasteiger partial charge is 0.0862 e. The van der Waals surface area contributed by atoms with Gasteiger partial charge in [0.1, 0.15) is 0 Å². The molecule has 0 aromatic heterocycles. The Hall–Kier alpha value is -0.940. The maximum Gasteiger partial charge on any atom is 0.0862 e. The van der Waals surface area contributed by atoms with Gasteiger partial charge in [-0.05, 0) is 93.1 Å². The molecule has 0 aromatic carbocycles. The lowest BCUT2D eigenvalue weighted by atomic mass is 9.60. The molecule has 0 bridgehead atoms. The summed E-state index contributed by atoms with van der Waals surface area (Å²) >= 11 is 0. The van der Waals surface area contributed by atoms with Crippen LogP contribution in [0.15, 0.2) is 35.5 Å². The number of hydrogen-bond donors (Lipinski definition) is 4. The Morgan fingerprint density at radius 2 is 1.94 bits per heavy atom. The predicted octanol–water partition coefficient (Wildman–Crippen LogP) is 4.92. The van der Waals surface area contributed by atoms with E-state index in [1.54, 1.807) is 0 Å². The standard InChI is InChI=1S/C28H46O4/c1-18(8-6-14-27(3,4)32)23-12-13-24-20(9-7-15-28(23,24)5)10-11-21-16-25(30)22(17-29)26(31)19(21)2/h10-11,18,22-26,29-32H,2,6-9,12-17H2,1,3-5H3/b20-10+,21-11-/t18-,22-,23-,24?,25-,26-,28?/m1/s1. The zero-order valence-corrected chi connectivity index (χ0v) is 20.7. The number of hydrogen-bond acceptors (Lipinski definition) is 4. The van der Waals surface area contributed by atoms with E-state index in [1.807, 2.05) is 13.8 Å². The summed E-state index contributed by atoms with van der Waals surface area (Å²) in [6.07, 6.45) is 12.4. The maximum absolute atomic E-state index is 10.4. The van der Waals surface area contributed by atoms with Crippen molar-refractivity contribution in [3.63, 3.8) is 0 Å². The monoisotopic (exact) mass is 446 g/mol. The second-order valence-electron chi connectivity index (χ2n) is 11.8. The lowest BCUT2D eigenvalue weighted by Crippen LogP contribution is -2.40. The van der Waals surface area contributed by atoms with Gasteiger partial charge in [-0.3, -0.25) is 0 Å². The van der Waals surface area contributed by atoms with Crippen LogP contribution in [0, 0.1) is 29.1 Å².